The average Bonchev–Trinajstić information content (AvgIpc) is 3.21. The first-order valence-electron chi connectivity index (χ1n) is 11.1. The van der Waals surface area contributed by atoms with E-state index < -0.39 is 0 Å². The lowest BCUT2D eigenvalue weighted by atomic mass is 9.97. The van der Waals surface area contributed by atoms with Crippen LogP contribution in [0.5, 0.6) is 0 Å². The number of fused-ring (bicyclic) bond motifs is 1. The van der Waals surface area contributed by atoms with Gasteiger partial charge in [0.2, 0.25) is 11.1 Å². The van der Waals surface area contributed by atoms with E-state index in [-0.39, 0.29) is 11.7 Å². The fourth-order valence-corrected chi connectivity index (χ4v) is 4.57. The van der Waals surface area contributed by atoms with Crippen LogP contribution in [0.2, 0.25) is 0 Å². The van der Waals surface area contributed by atoms with Crippen molar-refractivity contribution in [1.29, 1.82) is 0 Å². The van der Waals surface area contributed by atoms with Gasteiger partial charge >= 0.3 is 0 Å². The molecule has 170 valence electrons. The molecule has 2 heterocycles. The molecule has 0 radical (unpaired) electrons. The molecule has 0 saturated carbocycles. The van der Waals surface area contributed by atoms with E-state index in [0.29, 0.717) is 10.9 Å². The number of thioether (sulfide) groups is 1. The Hall–Kier alpha value is -3.19. The normalized spacial score (nSPS) is 11.2. The topological polar surface area (TPSA) is 72.2 Å². The number of hydrogen-bond acceptors (Lipinski definition) is 5. The molecule has 0 spiro atoms. The summed E-state index contributed by atoms with van der Waals surface area (Å²) in [7, 11) is 0. The van der Waals surface area contributed by atoms with E-state index in [2.05, 4.69) is 61.3 Å². The highest BCUT2D eigenvalue weighted by atomic mass is 32.2. The van der Waals surface area contributed by atoms with Crippen molar-refractivity contribution >= 4 is 29.1 Å². The highest BCUT2D eigenvalue weighted by molar-refractivity contribution is 7.99. The number of para-hydroxylation sites is 1. The van der Waals surface area contributed by atoms with Gasteiger partial charge in [-0.25, -0.2) is 9.50 Å². The van der Waals surface area contributed by atoms with Gasteiger partial charge in [0.1, 0.15) is 0 Å². The van der Waals surface area contributed by atoms with Gasteiger partial charge in [-0.2, -0.15) is 4.98 Å². The van der Waals surface area contributed by atoms with Crippen LogP contribution < -0.4 is 5.32 Å². The average molecular weight is 460 g/mol. The second-order valence-corrected chi connectivity index (χ2v) is 9.26. The maximum Gasteiger partial charge on any atom is 0.253 e. The first kappa shape index (κ1) is 23.0. The summed E-state index contributed by atoms with van der Waals surface area (Å²) in [6.07, 6.45) is 1.67. The van der Waals surface area contributed by atoms with Crippen LogP contribution in [0, 0.1) is 27.7 Å². The van der Waals surface area contributed by atoms with Gasteiger partial charge in [0, 0.05) is 23.5 Å². The standard InChI is InChI=1S/C26H29N5OS/c1-6-20-9-7-8-10-23(20)28-24(32)15-33-26-29-25-27-18(4)22(19(5)31(25)30-26)14-21-13-16(2)11-12-17(21)3/h7-13H,6,14-15H2,1-5H3,(H,28,32). The molecule has 4 aromatic rings. The second-order valence-electron chi connectivity index (χ2n) is 8.32. The summed E-state index contributed by atoms with van der Waals surface area (Å²) in [5.41, 5.74) is 8.93. The van der Waals surface area contributed by atoms with Crippen molar-refractivity contribution in [2.24, 2.45) is 0 Å². The van der Waals surface area contributed by atoms with Gasteiger partial charge in [-0.15, -0.1) is 5.10 Å². The SMILES string of the molecule is CCc1ccccc1NC(=O)CSc1nc2nc(C)c(Cc3cc(C)ccc3C)c(C)n2n1. The molecule has 1 amide bonds. The summed E-state index contributed by atoms with van der Waals surface area (Å²) < 4.78 is 1.79. The highest BCUT2D eigenvalue weighted by Gasteiger charge is 2.16. The van der Waals surface area contributed by atoms with Crippen LogP contribution >= 0.6 is 11.8 Å². The Morgan fingerprint density at radius 3 is 2.61 bits per heavy atom. The van der Waals surface area contributed by atoms with Crippen molar-refractivity contribution in [1.82, 2.24) is 19.6 Å². The molecular weight excluding hydrogens is 430 g/mol. The molecule has 2 aromatic heterocycles. The number of aryl methyl sites for hydroxylation is 5. The van der Waals surface area contributed by atoms with Gasteiger partial charge in [-0.1, -0.05) is 60.6 Å². The second kappa shape index (κ2) is 9.75. The van der Waals surface area contributed by atoms with Gasteiger partial charge in [-0.3, -0.25) is 4.79 Å². The lowest BCUT2D eigenvalue weighted by molar-refractivity contribution is -0.113. The zero-order valence-corrected chi connectivity index (χ0v) is 20.6. The first-order chi connectivity index (χ1) is 15.9. The Balaban J connectivity index is 1.51. The quantitative estimate of drug-likeness (QED) is 0.383. The zero-order chi connectivity index (χ0) is 23.5. The van der Waals surface area contributed by atoms with E-state index in [1.165, 1.54) is 28.5 Å². The zero-order valence-electron chi connectivity index (χ0n) is 19.8. The smallest absolute Gasteiger partial charge is 0.253 e. The fourth-order valence-electron chi connectivity index (χ4n) is 3.96. The molecule has 0 atom stereocenters. The summed E-state index contributed by atoms with van der Waals surface area (Å²) >= 11 is 1.32. The molecular formula is C26H29N5OS. The van der Waals surface area contributed by atoms with Crippen molar-refractivity contribution < 1.29 is 4.79 Å². The minimum atomic E-state index is -0.0729. The van der Waals surface area contributed by atoms with Crippen LogP contribution in [0.3, 0.4) is 0 Å². The minimum absolute atomic E-state index is 0.0729. The van der Waals surface area contributed by atoms with Crippen LogP contribution in [-0.2, 0) is 17.6 Å². The Morgan fingerprint density at radius 1 is 1.03 bits per heavy atom. The van der Waals surface area contributed by atoms with Crippen LogP contribution in [0.1, 0.15) is 46.1 Å². The third-order valence-corrected chi connectivity index (χ3v) is 6.74. The molecule has 4 rings (SSSR count). The van der Waals surface area contributed by atoms with Crippen molar-refractivity contribution in [3.63, 3.8) is 0 Å². The predicted octanol–water partition coefficient (Wildman–Crippen LogP) is 5.24. The minimum Gasteiger partial charge on any atom is -0.325 e. The van der Waals surface area contributed by atoms with Crippen LogP contribution in [0.4, 0.5) is 5.69 Å². The summed E-state index contributed by atoms with van der Waals surface area (Å²) in [6, 6.07) is 14.4. The van der Waals surface area contributed by atoms with E-state index in [0.717, 1.165) is 41.0 Å². The van der Waals surface area contributed by atoms with Crippen molar-refractivity contribution in [2.75, 3.05) is 11.1 Å². The Morgan fingerprint density at radius 2 is 1.82 bits per heavy atom. The van der Waals surface area contributed by atoms with Crippen LogP contribution in [-0.4, -0.2) is 31.2 Å². The Bertz CT molecular complexity index is 1330. The maximum absolute atomic E-state index is 12.5. The molecule has 7 heteroatoms. The molecule has 33 heavy (non-hydrogen) atoms. The molecule has 0 aliphatic rings. The van der Waals surface area contributed by atoms with E-state index in [9.17, 15) is 4.79 Å². The lowest BCUT2D eigenvalue weighted by Gasteiger charge is -2.12. The summed E-state index contributed by atoms with van der Waals surface area (Å²) in [5.74, 6) is 0.729. The number of nitrogens with one attached hydrogen (secondary N) is 1. The summed E-state index contributed by atoms with van der Waals surface area (Å²) in [4.78, 5) is 21.7. The predicted molar refractivity (Wildman–Crippen MR) is 134 cm³/mol. The molecule has 0 aliphatic carbocycles. The van der Waals surface area contributed by atoms with Crippen molar-refractivity contribution in [2.45, 2.75) is 52.6 Å². The molecule has 0 fully saturated rings. The molecule has 0 bridgehead atoms. The molecule has 2 aromatic carbocycles. The third kappa shape index (κ3) is 5.09. The number of anilines is 1. The molecule has 1 N–H and O–H groups in total. The fraction of sp³-hybridized carbons (Fsp3) is 0.308. The van der Waals surface area contributed by atoms with Gasteiger partial charge in [0.25, 0.3) is 5.78 Å². The summed E-state index contributed by atoms with van der Waals surface area (Å²) in [5, 5.41) is 8.18. The van der Waals surface area contributed by atoms with Crippen LogP contribution in [0.25, 0.3) is 5.78 Å². The number of rotatable bonds is 7. The van der Waals surface area contributed by atoms with E-state index in [1.807, 2.05) is 31.2 Å². The van der Waals surface area contributed by atoms with Crippen LogP contribution in [0.15, 0.2) is 47.6 Å². The van der Waals surface area contributed by atoms with Gasteiger partial charge in [-0.05, 0) is 62.4 Å². The first-order valence-corrected chi connectivity index (χ1v) is 12.1. The van der Waals surface area contributed by atoms with E-state index >= 15 is 0 Å². The van der Waals surface area contributed by atoms with Gasteiger partial charge < -0.3 is 5.32 Å². The van der Waals surface area contributed by atoms with Gasteiger partial charge in [0.05, 0.1) is 5.75 Å². The number of nitrogens with zero attached hydrogens (tertiary/aromatic N) is 4. The number of carbonyl (C=O) groups is 1. The number of carbonyl (C=O) groups excluding carboxylic acids is 1. The van der Waals surface area contributed by atoms with Crippen molar-refractivity contribution in [3.8, 4) is 0 Å². The largest absolute Gasteiger partial charge is 0.325 e. The van der Waals surface area contributed by atoms with Gasteiger partial charge in [0.15, 0.2) is 0 Å². The number of amides is 1. The maximum atomic E-state index is 12.5. The monoisotopic (exact) mass is 459 g/mol. The summed E-state index contributed by atoms with van der Waals surface area (Å²) in [6.45, 7) is 10.4. The molecule has 0 unspecified atom stereocenters. The molecule has 6 nitrogen and oxygen atoms in total. The Kier molecular flexibility index (Phi) is 6.79. The van der Waals surface area contributed by atoms with Crippen molar-refractivity contribution in [3.05, 3.63) is 81.7 Å². The number of hydrogen-bond donors (Lipinski definition) is 1. The lowest BCUT2D eigenvalue weighted by Crippen LogP contribution is -2.15. The number of benzene rings is 2. The Labute approximate surface area is 198 Å². The third-order valence-electron chi connectivity index (χ3n) is 5.91. The van der Waals surface area contributed by atoms with E-state index in [1.54, 1.807) is 4.52 Å². The highest BCUT2D eigenvalue weighted by Crippen LogP contribution is 2.23. The molecule has 0 aliphatic heterocycles. The molecule has 0 saturated heterocycles. The van der Waals surface area contributed by atoms with E-state index in [4.69, 9.17) is 4.98 Å². The number of aromatic nitrogens is 4.